The number of nitrogens with zero attached hydrogens (tertiary/aromatic N) is 1. The maximum absolute atomic E-state index is 13.1. The van der Waals surface area contributed by atoms with Crippen molar-refractivity contribution in [1.82, 2.24) is 10.2 Å². The number of nitrogens with one attached hydrogen (secondary N) is 1. The number of carbonyl (C=O) groups excluding carboxylic acids is 1. The molecule has 1 fully saturated rings. The lowest BCUT2D eigenvalue weighted by atomic mass is 9.70. The maximum Gasteiger partial charge on any atom is 0.232 e. The summed E-state index contributed by atoms with van der Waals surface area (Å²) in [5, 5.41) is 3.37. The normalized spacial score (nSPS) is 25.5. The SMILES string of the molecule is CC1(C(=O)N2CCCNCC2)CCCc2ccccc21.Cl. The average molecular weight is 309 g/mol. The molecule has 3 rings (SSSR count). The van der Waals surface area contributed by atoms with Crippen LogP contribution in [0.1, 0.15) is 37.3 Å². The van der Waals surface area contributed by atoms with Gasteiger partial charge in [-0.1, -0.05) is 24.3 Å². The second-order valence-electron chi connectivity index (χ2n) is 6.24. The lowest BCUT2D eigenvalue weighted by Crippen LogP contribution is -2.48. The molecule has 0 radical (unpaired) electrons. The molecule has 1 N–H and O–H groups in total. The van der Waals surface area contributed by atoms with E-state index >= 15 is 0 Å². The van der Waals surface area contributed by atoms with E-state index in [0.29, 0.717) is 5.91 Å². The Morgan fingerprint density at radius 1 is 1.19 bits per heavy atom. The van der Waals surface area contributed by atoms with Gasteiger partial charge in [0, 0.05) is 19.6 Å². The largest absolute Gasteiger partial charge is 0.341 e. The van der Waals surface area contributed by atoms with E-state index in [-0.39, 0.29) is 17.8 Å². The Bertz CT molecular complexity index is 497. The molecule has 1 atom stereocenters. The van der Waals surface area contributed by atoms with E-state index in [1.165, 1.54) is 11.1 Å². The molecule has 0 spiro atoms. The summed E-state index contributed by atoms with van der Waals surface area (Å²) in [4.78, 5) is 15.2. The predicted octanol–water partition coefficient (Wildman–Crippen LogP) is 2.52. The van der Waals surface area contributed by atoms with Crippen molar-refractivity contribution in [3.05, 3.63) is 35.4 Å². The van der Waals surface area contributed by atoms with Crippen molar-refractivity contribution in [2.75, 3.05) is 26.2 Å². The third-order valence-electron chi connectivity index (χ3n) is 4.83. The average Bonchev–Trinajstić information content (AvgIpc) is 2.76. The van der Waals surface area contributed by atoms with Crippen LogP contribution in [0.15, 0.2) is 24.3 Å². The van der Waals surface area contributed by atoms with Gasteiger partial charge in [-0.05, 0) is 50.3 Å². The highest BCUT2D eigenvalue weighted by Gasteiger charge is 2.41. The van der Waals surface area contributed by atoms with Gasteiger partial charge < -0.3 is 10.2 Å². The minimum atomic E-state index is -0.320. The van der Waals surface area contributed by atoms with Gasteiger partial charge in [0.05, 0.1) is 5.41 Å². The summed E-state index contributed by atoms with van der Waals surface area (Å²) in [6.45, 7) is 5.83. The monoisotopic (exact) mass is 308 g/mol. The van der Waals surface area contributed by atoms with E-state index < -0.39 is 0 Å². The van der Waals surface area contributed by atoms with E-state index in [2.05, 4.69) is 41.4 Å². The van der Waals surface area contributed by atoms with Crippen LogP contribution in [-0.2, 0) is 16.6 Å². The van der Waals surface area contributed by atoms with Crippen molar-refractivity contribution in [3.8, 4) is 0 Å². The molecule has 1 aliphatic carbocycles. The summed E-state index contributed by atoms with van der Waals surface area (Å²) < 4.78 is 0. The fourth-order valence-corrected chi connectivity index (χ4v) is 3.66. The number of hydrogen-bond donors (Lipinski definition) is 1. The first-order valence-corrected chi connectivity index (χ1v) is 7.80. The van der Waals surface area contributed by atoms with Gasteiger partial charge in [0.1, 0.15) is 0 Å². The molecule has 1 amide bonds. The van der Waals surface area contributed by atoms with Crippen molar-refractivity contribution < 1.29 is 4.79 Å². The zero-order chi connectivity index (χ0) is 14.0. The molecular weight excluding hydrogens is 284 g/mol. The molecule has 116 valence electrons. The van der Waals surface area contributed by atoms with Crippen LogP contribution in [0.5, 0.6) is 0 Å². The zero-order valence-electron chi connectivity index (χ0n) is 12.7. The van der Waals surface area contributed by atoms with Crippen LogP contribution in [0.25, 0.3) is 0 Å². The summed E-state index contributed by atoms with van der Waals surface area (Å²) in [5.41, 5.74) is 2.30. The Labute approximate surface area is 133 Å². The van der Waals surface area contributed by atoms with Crippen molar-refractivity contribution in [3.63, 3.8) is 0 Å². The molecule has 1 aliphatic heterocycles. The first kappa shape index (κ1) is 16.3. The number of aryl methyl sites for hydroxylation is 1. The van der Waals surface area contributed by atoms with Crippen LogP contribution in [0.4, 0.5) is 0 Å². The lowest BCUT2D eigenvalue weighted by molar-refractivity contribution is -0.137. The van der Waals surface area contributed by atoms with Crippen LogP contribution in [0, 0.1) is 0 Å². The fraction of sp³-hybridized carbons (Fsp3) is 0.588. The van der Waals surface area contributed by atoms with Gasteiger partial charge in [0.2, 0.25) is 5.91 Å². The Morgan fingerprint density at radius 2 is 2.00 bits per heavy atom. The second-order valence-corrected chi connectivity index (χ2v) is 6.24. The van der Waals surface area contributed by atoms with Gasteiger partial charge in [-0.3, -0.25) is 4.79 Å². The molecule has 2 aliphatic rings. The Kier molecular flexibility index (Phi) is 5.28. The highest BCUT2D eigenvalue weighted by atomic mass is 35.5. The number of carbonyl (C=O) groups is 1. The van der Waals surface area contributed by atoms with Crippen LogP contribution < -0.4 is 5.32 Å². The van der Waals surface area contributed by atoms with Crippen molar-refractivity contribution >= 4 is 18.3 Å². The van der Waals surface area contributed by atoms with Crippen LogP contribution >= 0.6 is 12.4 Å². The minimum absolute atomic E-state index is 0. The Balaban J connectivity index is 0.00000161. The molecule has 3 nitrogen and oxygen atoms in total. The van der Waals surface area contributed by atoms with Gasteiger partial charge in [0.15, 0.2) is 0 Å². The predicted molar refractivity (Wildman–Crippen MR) is 88.0 cm³/mol. The summed E-state index contributed by atoms with van der Waals surface area (Å²) in [6.07, 6.45) is 4.27. The molecule has 1 aromatic rings. The molecule has 4 heteroatoms. The molecule has 1 saturated heterocycles. The van der Waals surface area contributed by atoms with Crippen molar-refractivity contribution in [2.24, 2.45) is 0 Å². The van der Waals surface area contributed by atoms with E-state index in [0.717, 1.165) is 51.9 Å². The summed E-state index contributed by atoms with van der Waals surface area (Å²) in [7, 11) is 0. The number of rotatable bonds is 1. The molecule has 1 heterocycles. The number of hydrogen-bond acceptors (Lipinski definition) is 2. The van der Waals surface area contributed by atoms with Gasteiger partial charge in [-0.15, -0.1) is 12.4 Å². The van der Waals surface area contributed by atoms with Crippen LogP contribution in [0.2, 0.25) is 0 Å². The fourth-order valence-electron chi connectivity index (χ4n) is 3.66. The first-order valence-electron chi connectivity index (χ1n) is 7.80. The van der Waals surface area contributed by atoms with E-state index in [9.17, 15) is 4.79 Å². The molecule has 21 heavy (non-hydrogen) atoms. The van der Waals surface area contributed by atoms with Crippen LogP contribution in [0.3, 0.4) is 0 Å². The molecule has 0 aromatic heterocycles. The molecule has 0 bridgehead atoms. The number of fused-ring (bicyclic) bond motifs is 1. The second kappa shape index (κ2) is 6.80. The van der Waals surface area contributed by atoms with Crippen molar-refractivity contribution in [1.29, 1.82) is 0 Å². The molecule has 0 saturated carbocycles. The van der Waals surface area contributed by atoms with Crippen molar-refractivity contribution in [2.45, 2.75) is 38.0 Å². The van der Waals surface area contributed by atoms with Gasteiger partial charge in [-0.25, -0.2) is 0 Å². The van der Waals surface area contributed by atoms with E-state index in [4.69, 9.17) is 0 Å². The number of amides is 1. The van der Waals surface area contributed by atoms with Crippen LogP contribution in [-0.4, -0.2) is 37.0 Å². The van der Waals surface area contributed by atoms with E-state index in [1.807, 2.05) is 0 Å². The van der Waals surface area contributed by atoms with E-state index in [1.54, 1.807) is 0 Å². The zero-order valence-corrected chi connectivity index (χ0v) is 13.5. The van der Waals surface area contributed by atoms with Gasteiger partial charge in [0.25, 0.3) is 0 Å². The highest BCUT2D eigenvalue weighted by Crippen LogP contribution is 2.38. The number of halogens is 1. The topological polar surface area (TPSA) is 32.3 Å². The quantitative estimate of drug-likeness (QED) is 0.864. The molecular formula is C17H25ClN2O. The first-order chi connectivity index (χ1) is 9.72. The summed E-state index contributed by atoms with van der Waals surface area (Å²) in [5.74, 6) is 0.327. The summed E-state index contributed by atoms with van der Waals surface area (Å²) >= 11 is 0. The Hall–Kier alpha value is -1.06. The standard InChI is InChI=1S/C17H24N2O.ClH/c1-17(16(20)19-12-5-10-18-11-13-19)9-4-7-14-6-2-3-8-15(14)17;/h2-3,6,8,18H,4-5,7,9-13H2,1H3;1H. The molecule has 1 unspecified atom stereocenters. The third kappa shape index (κ3) is 3.09. The lowest BCUT2D eigenvalue weighted by Gasteiger charge is -2.38. The van der Waals surface area contributed by atoms with Gasteiger partial charge in [-0.2, -0.15) is 0 Å². The summed E-state index contributed by atoms with van der Waals surface area (Å²) in [6, 6.07) is 8.50. The third-order valence-corrected chi connectivity index (χ3v) is 4.83. The maximum atomic E-state index is 13.1. The number of benzene rings is 1. The Morgan fingerprint density at radius 3 is 2.86 bits per heavy atom. The van der Waals surface area contributed by atoms with Gasteiger partial charge >= 0.3 is 0 Å². The smallest absolute Gasteiger partial charge is 0.232 e. The minimum Gasteiger partial charge on any atom is -0.341 e. The molecule has 1 aromatic carbocycles. The highest BCUT2D eigenvalue weighted by molar-refractivity contribution is 5.88.